The van der Waals surface area contributed by atoms with Gasteiger partial charge in [0.05, 0.1) is 31.0 Å². The van der Waals surface area contributed by atoms with Gasteiger partial charge < -0.3 is 33.9 Å². The number of carbonyl (C=O) groups excluding carboxylic acids is 1. The molecular formula is C26H41NO8. The summed E-state index contributed by atoms with van der Waals surface area (Å²) in [5, 5.41) is 25.2. The highest BCUT2D eigenvalue weighted by molar-refractivity contribution is 5.66. The zero-order valence-corrected chi connectivity index (χ0v) is 21.7. The molecule has 13 unspecified atom stereocenters. The molecule has 7 bridgehead atoms. The molecule has 0 radical (unpaired) electrons. The molecule has 0 amide bonds. The van der Waals surface area contributed by atoms with Crippen molar-refractivity contribution in [3.05, 3.63) is 0 Å². The molecule has 9 nitrogen and oxygen atoms in total. The van der Waals surface area contributed by atoms with E-state index >= 15 is 0 Å². The van der Waals surface area contributed by atoms with Gasteiger partial charge in [-0.25, -0.2) is 0 Å². The maximum absolute atomic E-state index is 13.2. The van der Waals surface area contributed by atoms with E-state index < -0.39 is 34.9 Å². The first-order valence-corrected chi connectivity index (χ1v) is 13.0. The summed E-state index contributed by atoms with van der Waals surface area (Å²) in [6.07, 6.45) is 0.808. The van der Waals surface area contributed by atoms with E-state index in [0.29, 0.717) is 19.4 Å². The lowest BCUT2D eigenvalue weighted by atomic mass is 9.42. The molecule has 0 aromatic carbocycles. The molecule has 1 saturated heterocycles. The summed E-state index contributed by atoms with van der Waals surface area (Å²) in [7, 11) is 8.79. The molecule has 1 heterocycles. The Labute approximate surface area is 207 Å². The Morgan fingerprint density at radius 3 is 2.51 bits per heavy atom. The number of rotatable bonds is 6. The normalized spacial score (nSPS) is 57.9. The van der Waals surface area contributed by atoms with Gasteiger partial charge in [0, 0.05) is 76.9 Å². The molecule has 0 aromatic heterocycles. The molecule has 6 rings (SSSR count). The van der Waals surface area contributed by atoms with Gasteiger partial charge in [-0.15, -0.1) is 0 Å². The molecule has 13 atom stereocenters. The number of hydrogen-bond donors (Lipinski definition) is 2. The van der Waals surface area contributed by atoms with Crippen LogP contribution < -0.4 is 0 Å². The zero-order chi connectivity index (χ0) is 25.1. The summed E-state index contributed by atoms with van der Waals surface area (Å²) in [6.45, 7) is 2.73. The molecule has 35 heavy (non-hydrogen) atoms. The van der Waals surface area contributed by atoms with Crippen LogP contribution in [0.3, 0.4) is 0 Å². The highest BCUT2D eigenvalue weighted by Gasteiger charge is 2.91. The first kappa shape index (κ1) is 24.5. The predicted octanol–water partition coefficient (Wildman–Crippen LogP) is 0.452. The molecule has 6 fully saturated rings. The summed E-state index contributed by atoms with van der Waals surface area (Å²) < 4.78 is 30.6. The Bertz CT molecular complexity index is 903. The molecule has 0 aromatic rings. The number of aliphatic hydroxyl groups is 2. The van der Waals surface area contributed by atoms with Crippen LogP contribution in [0.4, 0.5) is 0 Å². The largest absolute Gasteiger partial charge is 0.462 e. The van der Waals surface area contributed by atoms with Crippen molar-refractivity contribution in [3.8, 4) is 0 Å². The number of piperidine rings is 1. The summed E-state index contributed by atoms with van der Waals surface area (Å²) in [6, 6.07) is -0.362. The van der Waals surface area contributed by atoms with Crippen LogP contribution in [0.25, 0.3) is 0 Å². The molecule has 198 valence electrons. The zero-order valence-electron chi connectivity index (χ0n) is 21.7. The minimum atomic E-state index is -1.44. The summed E-state index contributed by atoms with van der Waals surface area (Å²) in [5.41, 5.74) is -3.41. The fourth-order valence-corrected chi connectivity index (χ4v) is 11.3. The average Bonchev–Trinajstić information content (AvgIpc) is 3.19. The number of esters is 1. The Morgan fingerprint density at radius 1 is 1.17 bits per heavy atom. The van der Waals surface area contributed by atoms with Gasteiger partial charge in [-0.3, -0.25) is 9.69 Å². The lowest BCUT2D eigenvalue weighted by Crippen LogP contribution is -2.82. The van der Waals surface area contributed by atoms with Crippen molar-refractivity contribution in [2.75, 3.05) is 48.6 Å². The smallest absolute Gasteiger partial charge is 0.302 e. The van der Waals surface area contributed by atoms with E-state index in [1.165, 1.54) is 6.92 Å². The molecule has 5 aliphatic carbocycles. The maximum atomic E-state index is 13.2. The Hall–Kier alpha value is -0.810. The molecule has 1 spiro atoms. The minimum absolute atomic E-state index is 0.0162. The van der Waals surface area contributed by atoms with Gasteiger partial charge >= 0.3 is 5.97 Å². The van der Waals surface area contributed by atoms with Crippen LogP contribution >= 0.6 is 0 Å². The number of methoxy groups -OCH3 is 4. The van der Waals surface area contributed by atoms with E-state index in [0.717, 1.165) is 19.4 Å². The predicted molar refractivity (Wildman–Crippen MR) is 123 cm³/mol. The minimum Gasteiger partial charge on any atom is -0.462 e. The first-order chi connectivity index (χ1) is 16.6. The number of likely N-dealkylation sites (tertiary alicyclic amines) is 1. The van der Waals surface area contributed by atoms with Crippen LogP contribution in [-0.2, 0) is 28.5 Å². The van der Waals surface area contributed by atoms with Crippen LogP contribution in [0.5, 0.6) is 0 Å². The molecule has 6 aliphatic rings. The lowest BCUT2D eigenvalue weighted by molar-refractivity contribution is -0.323. The van der Waals surface area contributed by atoms with Gasteiger partial charge in [0.1, 0.15) is 17.3 Å². The number of fused-ring (bicyclic) bond motifs is 2. The second-order valence-corrected chi connectivity index (χ2v) is 12.3. The fourth-order valence-electron chi connectivity index (χ4n) is 11.3. The number of carbonyl (C=O) groups is 1. The van der Waals surface area contributed by atoms with Crippen LogP contribution in [0.1, 0.15) is 32.6 Å². The monoisotopic (exact) mass is 495 g/mol. The van der Waals surface area contributed by atoms with Gasteiger partial charge in [-0.1, -0.05) is 0 Å². The number of ether oxygens (including phenoxy) is 5. The van der Waals surface area contributed by atoms with E-state index in [4.69, 9.17) is 23.7 Å². The average molecular weight is 496 g/mol. The second-order valence-electron chi connectivity index (χ2n) is 12.3. The third-order valence-corrected chi connectivity index (χ3v) is 11.6. The third kappa shape index (κ3) is 2.43. The van der Waals surface area contributed by atoms with Gasteiger partial charge in [-0.05, 0) is 32.2 Å². The van der Waals surface area contributed by atoms with Gasteiger partial charge in [0.25, 0.3) is 0 Å². The number of nitrogens with zero attached hydrogens (tertiary/aromatic N) is 1. The van der Waals surface area contributed by atoms with Crippen LogP contribution in [-0.4, -0.2) is 111 Å². The van der Waals surface area contributed by atoms with E-state index in [9.17, 15) is 15.0 Å². The van der Waals surface area contributed by atoms with Crippen molar-refractivity contribution >= 4 is 5.97 Å². The van der Waals surface area contributed by atoms with Crippen LogP contribution in [0.2, 0.25) is 0 Å². The van der Waals surface area contributed by atoms with Gasteiger partial charge in [0.2, 0.25) is 0 Å². The highest BCUT2D eigenvalue weighted by Crippen LogP contribution is 2.80. The van der Waals surface area contributed by atoms with Crippen LogP contribution in [0.15, 0.2) is 0 Å². The van der Waals surface area contributed by atoms with Crippen molar-refractivity contribution in [2.24, 2.45) is 34.5 Å². The maximum Gasteiger partial charge on any atom is 0.302 e. The number of hydrogen-bond acceptors (Lipinski definition) is 9. The molecular weight excluding hydrogens is 454 g/mol. The Balaban J connectivity index is 1.66. The quantitative estimate of drug-likeness (QED) is 0.508. The summed E-state index contributed by atoms with van der Waals surface area (Å²) in [4.78, 5) is 14.6. The Morgan fingerprint density at radius 2 is 1.91 bits per heavy atom. The lowest BCUT2D eigenvalue weighted by Gasteiger charge is -2.69. The van der Waals surface area contributed by atoms with E-state index in [-0.39, 0.29) is 47.2 Å². The fraction of sp³-hybridized carbons (Fsp3) is 0.962. The topological polar surface area (TPSA) is 107 Å². The van der Waals surface area contributed by atoms with Crippen molar-refractivity contribution in [1.82, 2.24) is 4.90 Å². The first-order valence-electron chi connectivity index (χ1n) is 13.0. The summed E-state index contributed by atoms with van der Waals surface area (Å²) in [5.74, 6) is -0.770. The van der Waals surface area contributed by atoms with E-state index in [2.05, 4.69) is 11.9 Å². The molecule has 1 aliphatic heterocycles. The molecule has 2 N–H and O–H groups in total. The third-order valence-electron chi connectivity index (χ3n) is 11.6. The van der Waals surface area contributed by atoms with E-state index in [1.807, 2.05) is 0 Å². The van der Waals surface area contributed by atoms with Crippen molar-refractivity contribution in [3.63, 3.8) is 0 Å². The van der Waals surface area contributed by atoms with Crippen molar-refractivity contribution < 1.29 is 38.7 Å². The van der Waals surface area contributed by atoms with Gasteiger partial charge in [-0.2, -0.15) is 0 Å². The Kier molecular flexibility index (Phi) is 5.34. The number of likely N-dealkylation sites (N-methyl/N-ethyl adjacent to an activating group) is 1. The van der Waals surface area contributed by atoms with E-state index in [1.54, 1.807) is 28.4 Å². The van der Waals surface area contributed by atoms with Crippen LogP contribution in [0, 0.1) is 34.5 Å². The van der Waals surface area contributed by atoms with Gasteiger partial charge in [0.15, 0.2) is 0 Å². The summed E-state index contributed by atoms with van der Waals surface area (Å²) >= 11 is 0. The highest BCUT2D eigenvalue weighted by atomic mass is 16.6. The van der Waals surface area contributed by atoms with Crippen molar-refractivity contribution in [2.45, 2.75) is 74.3 Å². The van der Waals surface area contributed by atoms with Crippen molar-refractivity contribution in [1.29, 1.82) is 0 Å². The molecule has 9 heteroatoms. The SMILES string of the molecule is COCC12CCC(O)C34C5CC6C(OC)CC(OC)(C5C6OC(C)=O)C(O)(C(OC)C13)C4N(C)C2. The standard InChI is InChI=1S/C26H41NO8/c1-13(28)35-19-14-9-15-18(19)24(34-6,10-16(14)32-4)26(30)21(33-5)20-23(12-31-3)8-7-17(29)25(15,20)22(26)27(2)11-23/h14-22,29-30H,7-12H2,1-6H3. The number of aliphatic hydroxyl groups excluding tert-OH is 1. The molecule has 5 saturated carbocycles. The second kappa shape index (κ2) is 7.62.